The lowest BCUT2D eigenvalue weighted by molar-refractivity contribution is 0.327. The summed E-state index contributed by atoms with van der Waals surface area (Å²) < 4.78 is 2.19. The van der Waals surface area contributed by atoms with E-state index in [1.807, 2.05) is 19.4 Å². The molecule has 1 saturated carbocycles. The number of rotatable bonds is 5. The molecule has 112 valence electrons. The van der Waals surface area contributed by atoms with Crippen LogP contribution in [0.1, 0.15) is 55.4 Å². The summed E-state index contributed by atoms with van der Waals surface area (Å²) in [5.41, 5.74) is 2.43. The molecule has 0 bridgehead atoms. The van der Waals surface area contributed by atoms with Gasteiger partial charge in [0.2, 0.25) is 0 Å². The van der Waals surface area contributed by atoms with Crippen molar-refractivity contribution in [2.75, 3.05) is 7.05 Å². The van der Waals surface area contributed by atoms with Crippen LogP contribution < -0.4 is 5.32 Å². The third-order valence-electron chi connectivity index (χ3n) is 4.48. The Morgan fingerprint density at radius 2 is 1.95 bits per heavy atom. The second-order valence-electron chi connectivity index (χ2n) is 5.90. The van der Waals surface area contributed by atoms with Gasteiger partial charge in [0.1, 0.15) is 0 Å². The molecule has 2 heterocycles. The SMILES string of the molecule is CNC(Cc1ccn(C2CCCCC2)n1)c1ccncc1. The Labute approximate surface area is 126 Å². The van der Waals surface area contributed by atoms with Gasteiger partial charge in [-0.05, 0) is 43.7 Å². The Morgan fingerprint density at radius 3 is 2.67 bits per heavy atom. The summed E-state index contributed by atoms with van der Waals surface area (Å²) in [7, 11) is 2.00. The summed E-state index contributed by atoms with van der Waals surface area (Å²) in [6.45, 7) is 0. The molecule has 3 rings (SSSR count). The van der Waals surface area contributed by atoms with Gasteiger partial charge >= 0.3 is 0 Å². The Balaban J connectivity index is 1.68. The number of aromatic nitrogens is 3. The fourth-order valence-corrected chi connectivity index (χ4v) is 3.23. The zero-order chi connectivity index (χ0) is 14.5. The number of pyridine rings is 1. The maximum atomic E-state index is 4.81. The van der Waals surface area contributed by atoms with E-state index in [2.05, 4.69) is 39.4 Å². The van der Waals surface area contributed by atoms with Gasteiger partial charge in [-0.25, -0.2) is 0 Å². The highest BCUT2D eigenvalue weighted by molar-refractivity contribution is 5.17. The van der Waals surface area contributed by atoms with Gasteiger partial charge in [0.05, 0.1) is 11.7 Å². The van der Waals surface area contributed by atoms with Gasteiger partial charge in [-0.1, -0.05) is 19.3 Å². The fourth-order valence-electron chi connectivity index (χ4n) is 3.23. The van der Waals surface area contributed by atoms with Crippen molar-refractivity contribution in [2.45, 2.75) is 50.6 Å². The number of likely N-dealkylation sites (N-methyl/N-ethyl adjacent to an activating group) is 1. The Hall–Kier alpha value is -1.68. The summed E-state index contributed by atoms with van der Waals surface area (Å²) in [4.78, 5) is 4.09. The molecule has 2 aromatic heterocycles. The summed E-state index contributed by atoms with van der Waals surface area (Å²) >= 11 is 0. The van der Waals surface area contributed by atoms with Crippen LogP contribution in [0.2, 0.25) is 0 Å². The van der Waals surface area contributed by atoms with Crippen LogP contribution in [0, 0.1) is 0 Å². The lowest BCUT2D eigenvalue weighted by Crippen LogP contribution is -2.19. The van der Waals surface area contributed by atoms with Crippen molar-refractivity contribution in [3.05, 3.63) is 48.0 Å². The normalized spacial score (nSPS) is 17.8. The van der Waals surface area contributed by atoms with E-state index in [9.17, 15) is 0 Å². The molecular formula is C17H24N4. The van der Waals surface area contributed by atoms with Gasteiger partial charge in [0.15, 0.2) is 0 Å². The predicted molar refractivity (Wildman–Crippen MR) is 84.1 cm³/mol. The quantitative estimate of drug-likeness (QED) is 0.916. The Bertz CT molecular complexity index is 543. The molecule has 2 aromatic rings. The summed E-state index contributed by atoms with van der Waals surface area (Å²) in [5, 5.41) is 8.19. The fraction of sp³-hybridized carbons (Fsp3) is 0.529. The number of hydrogen-bond acceptors (Lipinski definition) is 3. The first-order chi connectivity index (χ1) is 10.4. The molecule has 21 heavy (non-hydrogen) atoms. The van der Waals surface area contributed by atoms with Crippen LogP contribution in [0.25, 0.3) is 0 Å². The van der Waals surface area contributed by atoms with E-state index in [1.54, 1.807) is 0 Å². The number of nitrogens with one attached hydrogen (secondary N) is 1. The highest BCUT2D eigenvalue weighted by Gasteiger charge is 2.17. The molecule has 4 nitrogen and oxygen atoms in total. The molecule has 0 aliphatic heterocycles. The number of hydrogen-bond donors (Lipinski definition) is 1. The van der Waals surface area contributed by atoms with Gasteiger partial charge in [-0.2, -0.15) is 5.10 Å². The number of nitrogens with zero attached hydrogens (tertiary/aromatic N) is 3. The van der Waals surface area contributed by atoms with Crippen LogP contribution in [0.3, 0.4) is 0 Å². The van der Waals surface area contributed by atoms with Crippen LogP contribution in [0.15, 0.2) is 36.8 Å². The van der Waals surface area contributed by atoms with Crippen molar-refractivity contribution in [2.24, 2.45) is 0 Å². The van der Waals surface area contributed by atoms with E-state index < -0.39 is 0 Å². The molecule has 0 saturated heterocycles. The molecule has 0 spiro atoms. The maximum Gasteiger partial charge on any atom is 0.0643 e. The van der Waals surface area contributed by atoms with Crippen LogP contribution >= 0.6 is 0 Å². The van der Waals surface area contributed by atoms with Crippen molar-refractivity contribution < 1.29 is 0 Å². The molecule has 1 unspecified atom stereocenters. The van der Waals surface area contributed by atoms with E-state index in [0.29, 0.717) is 12.1 Å². The molecule has 0 aromatic carbocycles. The molecule has 0 radical (unpaired) electrons. The third kappa shape index (κ3) is 3.50. The van der Waals surface area contributed by atoms with Crippen LogP contribution in [-0.4, -0.2) is 21.8 Å². The van der Waals surface area contributed by atoms with Crippen molar-refractivity contribution >= 4 is 0 Å². The van der Waals surface area contributed by atoms with Gasteiger partial charge < -0.3 is 5.32 Å². The molecule has 4 heteroatoms. The average molecular weight is 284 g/mol. The first-order valence-electron chi connectivity index (χ1n) is 7.98. The van der Waals surface area contributed by atoms with Gasteiger partial charge in [0, 0.05) is 31.1 Å². The highest BCUT2D eigenvalue weighted by Crippen LogP contribution is 2.27. The molecule has 1 atom stereocenters. The standard InChI is InChI=1S/C17H24N4/c1-18-17(14-7-10-19-11-8-14)13-15-9-12-21(20-15)16-5-3-2-4-6-16/h7-12,16-18H,2-6,13H2,1H3. The largest absolute Gasteiger partial charge is 0.313 e. The van der Waals surface area contributed by atoms with Gasteiger partial charge in [-0.15, -0.1) is 0 Å². The molecular weight excluding hydrogens is 260 g/mol. The molecule has 1 aliphatic rings. The van der Waals surface area contributed by atoms with Gasteiger partial charge in [0.25, 0.3) is 0 Å². The minimum absolute atomic E-state index is 0.294. The molecule has 1 aliphatic carbocycles. The highest BCUT2D eigenvalue weighted by atomic mass is 15.3. The maximum absolute atomic E-state index is 4.81. The van der Waals surface area contributed by atoms with Gasteiger partial charge in [-0.3, -0.25) is 9.67 Å². The minimum atomic E-state index is 0.294. The second kappa shape index (κ2) is 6.85. The molecule has 0 amide bonds. The monoisotopic (exact) mass is 284 g/mol. The lowest BCUT2D eigenvalue weighted by Gasteiger charge is -2.22. The lowest BCUT2D eigenvalue weighted by atomic mass is 9.96. The van der Waals surface area contributed by atoms with Crippen molar-refractivity contribution in [1.82, 2.24) is 20.1 Å². The average Bonchev–Trinajstić information content (AvgIpc) is 3.03. The summed E-state index contributed by atoms with van der Waals surface area (Å²) in [5.74, 6) is 0. The van der Waals surface area contributed by atoms with E-state index in [-0.39, 0.29) is 0 Å². The van der Waals surface area contributed by atoms with Crippen molar-refractivity contribution in [3.63, 3.8) is 0 Å². The van der Waals surface area contributed by atoms with Crippen molar-refractivity contribution in [1.29, 1.82) is 0 Å². The van der Waals surface area contributed by atoms with E-state index in [0.717, 1.165) is 12.1 Å². The summed E-state index contributed by atoms with van der Waals surface area (Å²) in [6.07, 6.45) is 13.4. The van der Waals surface area contributed by atoms with Crippen molar-refractivity contribution in [3.8, 4) is 0 Å². The van der Waals surface area contributed by atoms with Crippen LogP contribution in [-0.2, 0) is 6.42 Å². The zero-order valence-corrected chi connectivity index (χ0v) is 12.7. The van der Waals surface area contributed by atoms with E-state index in [1.165, 1.54) is 37.7 Å². The molecule has 1 fully saturated rings. The van der Waals surface area contributed by atoms with Crippen LogP contribution in [0.5, 0.6) is 0 Å². The molecule has 1 N–H and O–H groups in total. The second-order valence-corrected chi connectivity index (χ2v) is 5.90. The van der Waals surface area contributed by atoms with Crippen LogP contribution in [0.4, 0.5) is 0 Å². The Kier molecular flexibility index (Phi) is 4.65. The van der Waals surface area contributed by atoms with E-state index in [4.69, 9.17) is 5.10 Å². The third-order valence-corrected chi connectivity index (χ3v) is 4.48. The predicted octanol–water partition coefficient (Wildman–Crippen LogP) is 3.29. The smallest absolute Gasteiger partial charge is 0.0643 e. The topological polar surface area (TPSA) is 42.7 Å². The summed E-state index contributed by atoms with van der Waals surface area (Å²) in [6, 6.07) is 7.21. The van der Waals surface area contributed by atoms with E-state index >= 15 is 0 Å². The minimum Gasteiger partial charge on any atom is -0.313 e. The first kappa shape index (κ1) is 14.3. The zero-order valence-electron chi connectivity index (χ0n) is 12.7. The Morgan fingerprint density at radius 1 is 1.19 bits per heavy atom. The first-order valence-corrected chi connectivity index (χ1v) is 7.98.